The van der Waals surface area contributed by atoms with E-state index in [1.165, 1.54) is 0 Å². The van der Waals surface area contributed by atoms with E-state index in [-0.39, 0.29) is 43.2 Å². The summed E-state index contributed by atoms with van der Waals surface area (Å²) >= 11 is 0. The van der Waals surface area contributed by atoms with Crippen LogP contribution in [-0.4, -0.2) is 43.2 Å². The molecule has 0 aliphatic heterocycles. The topological polar surface area (TPSA) is 79.1 Å². The van der Waals surface area contributed by atoms with Crippen molar-refractivity contribution in [1.29, 1.82) is 10.8 Å². The molecule has 0 aliphatic rings. The first-order chi connectivity index (χ1) is 1.00. The van der Waals surface area contributed by atoms with Crippen LogP contribution in [0.4, 0.5) is 0 Å². The molecule has 3 nitrogen and oxygen atoms in total. The molecule has 0 rings (SSSR count). The minimum atomic E-state index is 0. The first-order valence-corrected chi connectivity index (χ1v) is 0.200. The molecule has 0 aromatic rings. The van der Waals surface area contributed by atoms with E-state index < -0.39 is 0 Å². The summed E-state index contributed by atoms with van der Waals surface area (Å²) < 4.78 is 0. The van der Waals surface area contributed by atoms with E-state index >= 15 is 0 Å². The van der Waals surface area contributed by atoms with Gasteiger partial charge in [-0.1, -0.05) is 0 Å². The van der Waals surface area contributed by atoms with Gasteiger partial charge in [0, 0.05) is 10.8 Å². The standard InChI is InChI=1S/Ca.N2.H2O.2H/c;1-2;;;/h;;1H2;;. The molecule has 0 atom stereocenters. The molecule has 0 spiro atoms. The summed E-state index contributed by atoms with van der Waals surface area (Å²) in [6.45, 7) is 0. The Hall–Kier alpha value is 0.640. The zero-order chi connectivity index (χ0) is 2.00. The summed E-state index contributed by atoms with van der Waals surface area (Å²) in [7, 11) is 0. The number of hydrogen-bond donors (Lipinski definition) is 0. The van der Waals surface area contributed by atoms with Gasteiger partial charge in [-0.05, 0) is 0 Å². The molecule has 4 heavy (non-hydrogen) atoms. The first kappa shape index (κ1) is 22.9. The second-order valence-electron chi connectivity index (χ2n) is 0. The van der Waals surface area contributed by atoms with Gasteiger partial charge in [-0.15, -0.1) is 0 Å². The molecule has 0 aromatic carbocycles. The third kappa shape index (κ3) is 17.3. The SMILES string of the molecule is N#N.O.[CaH2]. The first-order valence-electron chi connectivity index (χ1n) is 0.200. The van der Waals surface area contributed by atoms with Crippen LogP contribution in [0, 0.1) is 10.8 Å². The average molecular weight is 88.1 g/mol. The summed E-state index contributed by atoms with van der Waals surface area (Å²) in [5.41, 5.74) is 0. The van der Waals surface area contributed by atoms with E-state index in [0.29, 0.717) is 0 Å². The molecule has 4 heteroatoms. The molecule has 0 amide bonds. The predicted octanol–water partition coefficient (Wildman–Crippen LogP) is -1.71. The Balaban J connectivity index is -0.00000000500. The summed E-state index contributed by atoms with van der Waals surface area (Å²) in [5.74, 6) is 0. The van der Waals surface area contributed by atoms with Crippen molar-refractivity contribution in [3.05, 3.63) is 0 Å². The Morgan fingerprint density at radius 1 is 1.00 bits per heavy atom. The van der Waals surface area contributed by atoms with Crippen LogP contribution in [0.1, 0.15) is 0 Å². The van der Waals surface area contributed by atoms with Gasteiger partial charge in [0.05, 0.1) is 0 Å². The average Bonchev–Trinajstić information content (AvgIpc) is 1.00. The van der Waals surface area contributed by atoms with E-state index in [1.54, 1.807) is 0 Å². The Labute approximate surface area is 53.7 Å². The second-order valence-corrected chi connectivity index (χ2v) is 0. The molecule has 0 saturated carbocycles. The summed E-state index contributed by atoms with van der Waals surface area (Å²) in [4.78, 5) is 0. The number of nitrogens with zero attached hydrogens (tertiary/aromatic N) is 2. The Bertz CT molecular complexity index is 10.8. The fourth-order valence-corrected chi connectivity index (χ4v) is 0. The van der Waals surface area contributed by atoms with Crippen LogP contribution in [0.25, 0.3) is 0 Å². The van der Waals surface area contributed by atoms with Gasteiger partial charge < -0.3 is 5.48 Å². The summed E-state index contributed by atoms with van der Waals surface area (Å²) in [6, 6.07) is 0. The van der Waals surface area contributed by atoms with Crippen molar-refractivity contribution in [2.75, 3.05) is 0 Å². The van der Waals surface area contributed by atoms with Gasteiger partial charge in [0.1, 0.15) is 0 Å². The fraction of sp³-hybridized carbons (Fsp3) is 0. The molecule has 0 saturated heterocycles. The normalized spacial score (nSPS) is 0.500. The van der Waals surface area contributed by atoms with Crippen molar-refractivity contribution in [2.24, 2.45) is 0 Å². The molecule has 0 aromatic heterocycles. The van der Waals surface area contributed by atoms with Crippen molar-refractivity contribution in [3.8, 4) is 0 Å². The molecule has 2 N–H and O–H groups in total. The Morgan fingerprint density at radius 3 is 1.00 bits per heavy atom. The zero-order valence-corrected chi connectivity index (χ0v) is 1.39. The van der Waals surface area contributed by atoms with Gasteiger partial charge >= 0.3 is 37.7 Å². The quantitative estimate of drug-likeness (QED) is 0.261. The molecule has 0 aliphatic carbocycles. The molecule has 0 heterocycles. The van der Waals surface area contributed by atoms with Crippen LogP contribution < -0.4 is 0 Å². The van der Waals surface area contributed by atoms with Crippen molar-refractivity contribution in [1.82, 2.24) is 0 Å². The molecule has 22 valence electrons. The van der Waals surface area contributed by atoms with Crippen LogP contribution in [0.5, 0.6) is 0 Å². The van der Waals surface area contributed by atoms with Crippen LogP contribution in [0.15, 0.2) is 0 Å². The van der Waals surface area contributed by atoms with E-state index in [0.717, 1.165) is 0 Å². The van der Waals surface area contributed by atoms with Gasteiger partial charge in [0.2, 0.25) is 0 Å². The third-order valence-corrected chi connectivity index (χ3v) is 0. The number of hydrogen-bond acceptors (Lipinski definition) is 2. The predicted molar refractivity (Wildman–Crippen MR) is 15.6 cm³/mol. The van der Waals surface area contributed by atoms with E-state index in [1.807, 2.05) is 0 Å². The number of rotatable bonds is 0. The van der Waals surface area contributed by atoms with E-state index in [9.17, 15) is 0 Å². The van der Waals surface area contributed by atoms with E-state index in [4.69, 9.17) is 10.8 Å². The van der Waals surface area contributed by atoms with Gasteiger partial charge in [0.25, 0.3) is 0 Å². The maximum atomic E-state index is 6.00. The van der Waals surface area contributed by atoms with Crippen molar-refractivity contribution in [3.63, 3.8) is 0 Å². The summed E-state index contributed by atoms with van der Waals surface area (Å²) in [5, 5.41) is 12.0. The van der Waals surface area contributed by atoms with Crippen LogP contribution in [0.3, 0.4) is 0 Å². The Morgan fingerprint density at radius 2 is 1.00 bits per heavy atom. The van der Waals surface area contributed by atoms with Crippen LogP contribution >= 0.6 is 0 Å². The van der Waals surface area contributed by atoms with Crippen LogP contribution in [0.2, 0.25) is 0 Å². The van der Waals surface area contributed by atoms with Gasteiger partial charge in [-0.25, -0.2) is 0 Å². The molecular formula is H4CaN2O. The Kier molecular flexibility index (Phi) is 354. The van der Waals surface area contributed by atoms with Crippen LogP contribution in [-0.2, 0) is 0 Å². The van der Waals surface area contributed by atoms with Gasteiger partial charge in [-0.2, -0.15) is 0 Å². The van der Waals surface area contributed by atoms with Gasteiger partial charge in [0.15, 0.2) is 0 Å². The summed E-state index contributed by atoms with van der Waals surface area (Å²) in [6.07, 6.45) is 0. The maximum absolute atomic E-state index is 6.00. The van der Waals surface area contributed by atoms with Crippen molar-refractivity contribution >= 4 is 37.7 Å². The molecule has 0 radical (unpaired) electrons. The molecule has 0 fully saturated rings. The molecule has 0 unspecified atom stereocenters. The van der Waals surface area contributed by atoms with Crippen molar-refractivity contribution < 1.29 is 5.48 Å². The third-order valence-electron chi connectivity index (χ3n) is 0. The molecule has 0 bridgehead atoms. The van der Waals surface area contributed by atoms with Crippen molar-refractivity contribution in [2.45, 2.75) is 0 Å². The van der Waals surface area contributed by atoms with E-state index in [2.05, 4.69) is 0 Å². The molecular weight excluding hydrogens is 84.1 g/mol. The monoisotopic (exact) mass is 88.0 g/mol. The second kappa shape index (κ2) is 62.0. The zero-order valence-electron chi connectivity index (χ0n) is 1.39. The van der Waals surface area contributed by atoms with Gasteiger partial charge in [-0.3, -0.25) is 0 Å². The fourth-order valence-electron chi connectivity index (χ4n) is 0. The minimum absolute atomic E-state index is 0.